The van der Waals surface area contributed by atoms with Gasteiger partial charge in [-0.05, 0) is 44.0 Å². The van der Waals surface area contributed by atoms with Crippen LogP contribution in [0.25, 0.3) is 0 Å². The zero-order valence-corrected chi connectivity index (χ0v) is 18.2. The van der Waals surface area contributed by atoms with Crippen LogP contribution in [0, 0.1) is 5.92 Å². The van der Waals surface area contributed by atoms with Crippen molar-refractivity contribution in [1.29, 1.82) is 0 Å². The summed E-state index contributed by atoms with van der Waals surface area (Å²) in [4.78, 5) is 58.6. The molecule has 1 atom stereocenters. The van der Waals surface area contributed by atoms with E-state index < -0.39 is 23.3 Å². The molecular formula is C22H26N6O5. The molecule has 11 nitrogen and oxygen atoms in total. The number of amides is 3. The smallest absolute Gasteiger partial charge is 0.258 e. The van der Waals surface area contributed by atoms with Crippen LogP contribution in [0.1, 0.15) is 37.7 Å². The van der Waals surface area contributed by atoms with E-state index in [0.717, 1.165) is 0 Å². The minimum absolute atomic E-state index is 0.0777. The van der Waals surface area contributed by atoms with Crippen molar-refractivity contribution in [3.63, 3.8) is 0 Å². The molecule has 3 amide bonds. The number of aromatic amines is 1. The molecule has 1 fully saturated rings. The second-order valence-electron chi connectivity index (χ2n) is 8.07. The van der Waals surface area contributed by atoms with E-state index in [2.05, 4.69) is 20.6 Å². The molecule has 174 valence electrons. The number of nitrogens with two attached hydrogens (primary N) is 1. The first-order valence-corrected chi connectivity index (χ1v) is 10.9. The van der Waals surface area contributed by atoms with Gasteiger partial charge in [0, 0.05) is 31.1 Å². The summed E-state index contributed by atoms with van der Waals surface area (Å²) in [5, 5.41) is 5.36. The number of benzene rings is 1. The van der Waals surface area contributed by atoms with Crippen LogP contribution in [0.5, 0.6) is 5.75 Å². The highest BCUT2D eigenvalue weighted by Gasteiger charge is 2.35. The molecular weight excluding hydrogens is 428 g/mol. The summed E-state index contributed by atoms with van der Waals surface area (Å²) in [5.41, 5.74) is 5.53. The van der Waals surface area contributed by atoms with Gasteiger partial charge in [0.25, 0.3) is 5.56 Å². The molecule has 1 unspecified atom stereocenters. The van der Waals surface area contributed by atoms with E-state index in [0.29, 0.717) is 44.0 Å². The van der Waals surface area contributed by atoms with Crippen molar-refractivity contribution < 1.29 is 19.1 Å². The molecule has 1 aromatic heterocycles. The number of nitrogens with zero attached hydrogens (tertiary/aromatic N) is 2. The largest absolute Gasteiger partial charge is 0.494 e. The second-order valence-corrected chi connectivity index (χ2v) is 8.07. The van der Waals surface area contributed by atoms with E-state index in [1.54, 1.807) is 24.3 Å². The van der Waals surface area contributed by atoms with E-state index >= 15 is 0 Å². The summed E-state index contributed by atoms with van der Waals surface area (Å²) in [7, 11) is 0. The first-order chi connectivity index (χ1) is 15.9. The number of aromatic nitrogens is 2. The molecule has 0 spiro atoms. The Morgan fingerprint density at radius 3 is 2.55 bits per heavy atom. The number of ether oxygens (including phenoxy) is 1. The Morgan fingerprint density at radius 2 is 1.91 bits per heavy atom. The molecule has 33 heavy (non-hydrogen) atoms. The fourth-order valence-corrected chi connectivity index (χ4v) is 4.14. The molecule has 0 bridgehead atoms. The molecule has 1 aromatic carbocycles. The van der Waals surface area contributed by atoms with E-state index in [1.807, 2.05) is 11.8 Å². The number of nitrogens with one attached hydrogen (secondary N) is 3. The van der Waals surface area contributed by atoms with Gasteiger partial charge in [-0.15, -0.1) is 0 Å². The third kappa shape index (κ3) is 4.81. The molecule has 2 aliphatic heterocycles. The molecule has 4 rings (SSSR count). The normalized spacial score (nSPS) is 18.3. The number of carbonyl (C=O) groups excluding carboxylic acids is 3. The van der Waals surface area contributed by atoms with Gasteiger partial charge < -0.3 is 26.0 Å². The van der Waals surface area contributed by atoms with E-state index in [4.69, 9.17) is 10.5 Å². The predicted molar refractivity (Wildman–Crippen MR) is 121 cm³/mol. The average molecular weight is 454 g/mol. The molecule has 2 aliphatic rings. The van der Waals surface area contributed by atoms with Crippen LogP contribution in [-0.4, -0.2) is 47.4 Å². The number of carbonyl (C=O) groups is 3. The lowest BCUT2D eigenvalue weighted by Gasteiger charge is -2.32. The monoisotopic (exact) mass is 454 g/mol. The zero-order valence-electron chi connectivity index (χ0n) is 18.2. The zero-order chi connectivity index (χ0) is 23.5. The van der Waals surface area contributed by atoms with Crippen molar-refractivity contribution in [2.24, 2.45) is 11.7 Å². The summed E-state index contributed by atoms with van der Waals surface area (Å²) in [6.45, 7) is 3.39. The lowest BCUT2D eigenvalue weighted by molar-refractivity contribution is -0.123. The first kappa shape index (κ1) is 22.3. The summed E-state index contributed by atoms with van der Waals surface area (Å²) in [6.07, 6.45) is 0.940. The molecule has 0 saturated carbocycles. The predicted octanol–water partition coefficient (Wildman–Crippen LogP) is 0.935. The Bertz CT molecular complexity index is 1120. The number of hydrogen-bond donors (Lipinski definition) is 4. The summed E-state index contributed by atoms with van der Waals surface area (Å²) >= 11 is 0. The fraction of sp³-hybridized carbons (Fsp3) is 0.409. The maximum atomic E-state index is 13.0. The highest BCUT2D eigenvalue weighted by molar-refractivity contribution is 6.04. The molecule has 0 aliphatic carbocycles. The Kier molecular flexibility index (Phi) is 6.29. The Labute approximate surface area is 189 Å². The third-order valence-corrected chi connectivity index (χ3v) is 5.88. The molecule has 11 heteroatoms. The van der Waals surface area contributed by atoms with Crippen molar-refractivity contribution in [2.75, 3.05) is 35.2 Å². The molecule has 0 radical (unpaired) electrons. The van der Waals surface area contributed by atoms with Gasteiger partial charge in [-0.3, -0.25) is 24.2 Å². The van der Waals surface area contributed by atoms with Gasteiger partial charge in [-0.2, -0.15) is 4.98 Å². The maximum Gasteiger partial charge on any atom is 0.258 e. The van der Waals surface area contributed by atoms with Gasteiger partial charge in [-0.1, -0.05) is 0 Å². The van der Waals surface area contributed by atoms with E-state index in [9.17, 15) is 19.2 Å². The summed E-state index contributed by atoms with van der Waals surface area (Å²) in [6, 6.07) is 6.83. The van der Waals surface area contributed by atoms with Gasteiger partial charge in [0.15, 0.2) is 0 Å². The lowest BCUT2D eigenvalue weighted by atomic mass is 9.92. The van der Waals surface area contributed by atoms with E-state index in [-0.39, 0.29) is 35.6 Å². The number of fused-ring (bicyclic) bond motifs is 1. The van der Waals surface area contributed by atoms with Crippen LogP contribution in [-0.2, 0) is 14.4 Å². The summed E-state index contributed by atoms with van der Waals surface area (Å²) in [5.74, 6) is -1.36. The molecule has 5 N–H and O–H groups in total. The SMILES string of the molecule is CCOc1ccc(NC(=O)C2CC(=O)Nc3nc(N4CCC(C(N)=O)CC4)[nH]c(=O)c32)cc1. The first-order valence-electron chi connectivity index (χ1n) is 10.9. The number of H-pyrrole nitrogens is 1. The highest BCUT2D eigenvalue weighted by Crippen LogP contribution is 2.31. The maximum absolute atomic E-state index is 13.0. The van der Waals surface area contributed by atoms with Crippen molar-refractivity contribution >= 4 is 35.2 Å². The number of primary amides is 1. The van der Waals surface area contributed by atoms with E-state index in [1.165, 1.54) is 0 Å². The molecule has 3 heterocycles. The molecule has 1 saturated heterocycles. The topological polar surface area (TPSA) is 160 Å². The fourth-order valence-electron chi connectivity index (χ4n) is 4.14. The van der Waals surface area contributed by atoms with Gasteiger partial charge in [0.1, 0.15) is 11.6 Å². The van der Waals surface area contributed by atoms with Crippen LogP contribution in [0.15, 0.2) is 29.1 Å². The van der Waals surface area contributed by atoms with Crippen LogP contribution >= 0.6 is 0 Å². The van der Waals surface area contributed by atoms with Gasteiger partial charge in [-0.25, -0.2) is 0 Å². The second kappa shape index (κ2) is 9.31. The highest BCUT2D eigenvalue weighted by atomic mass is 16.5. The minimum Gasteiger partial charge on any atom is -0.494 e. The van der Waals surface area contributed by atoms with Crippen molar-refractivity contribution in [2.45, 2.75) is 32.1 Å². The number of anilines is 3. The van der Waals surface area contributed by atoms with Gasteiger partial charge >= 0.3 is 0 Å². The Hall–Kier alpha value is -3.89. The average Bonchev–Trinajstić information content (AvgIpc) is 2.79. The minimum atomic E-state index is -0.980. The lowest BCUT2D eigenvalue weighted by Crippen LogP contribution is -2.41. The number of rotatable bonds is 6. The quantitative estimate of drug-likeness (QED) is 0.505. The number of hydrogen-bond acceptors (Lipinski definition) is 7. The van der Waals surface area contributed by atoms with Crippen LogP contribution in [0.3, 0.4) is 0 Å². The Balaban J connectivity index is 1.54. The van der Waals surface area contributed by atoms with Crippen molar-refractivity contribution in [1.82, 2.24) is 9.97 Å². The standard InChI is InChI=1S/C22H26N6O5/c1-2-33-14-5-3-13(4-6-14)24-20(31)15-11-16(29)25-19-17(15)21(32)27-22(26-19)28-9-7-12(8-10-28)18(23)30/h3-6,12,15H,2,7-11H2,1H3,(H2,23,30)(H,24,31)(H2,25,26,27,29,32). The van der Waals surface area contributed by atoms with Crippen molar-refractivity contribution in [3.8, 4) is 5.75 Å². The Morgan fingerprint density at radius 1 is 1.21 bits per heavy atom. The van der Waals surface area contributed by atoms with Crippen LogP contribution < -0.4 is 31.6 Å². The van der Waals surface area contributed by atoms with Gasteiger partial charge in [0.05, 0.1) is 18.1 Å². The third-order valence-electron chi connectivity index (χ3n) is 5.88. The van der Waals surface area contributed by atoms with Crippen molar-refractivity contribution in [3.05, 3.63) is 40.2 Å². The molecule has 2 aromatic rings. The van der Waals surface area contributed by atoms with Crippen LogP contribution in [0.2, 0.25) is 0 Å². The van der Waals surface area contributed by atoms with Gasteiger partial charge in [0.2, 0.25) is 23.7 Å². The van der Waals surface area contributed by atoms with Crippen LogP contribution in [0.4, 0.5) is 17.5 Å². The summed E-state index contributed by atoms with van der Waals surface area (Å²) < 4.78 is 5.39. The number of piperidine rings is 1.